The maximum atomic E-state index is 12.2. The van der Waals surface area contributed by atoms with Crippen LogP contribution in [-0.4, -0.2) is 64.6 Å². The van der Waals surface area contributed by atoms with Crippen molar-refractivity contribution in [3.63, 3.8) is 0 Å². The Morgan fingerprint density at radius 2 is 2.11 bits per heavy atom. The number of quaternary nitrogens is 1. The summed E-state index contributed by atoms with van der Waals surface area (Å²) in [7, 11) is 2.27. The number of nitrogens with zero attached hydrogens (tertiary/aromatic N) is 4. The molecule has 0 aromatic carbocycles. The topological polar surface area (TPSA) is 79.8 Å². The van der Waals surface area contributed by atoms with Gasteiger partial charge in [0.25, 0.3) is 5.88 Å². The van der Waals surface area contributed by atoms with E-state index < -0.39 is 0 Å². The minimum Gasteiger partial charge on any atom is -0.469 e. The minimum atomic E-state index is -0.154. The SMILES string of the molecule is C[N+]1(CCOc2nn3ccccc3c2N=C2C=CC(=N)CC2=O)CCCC1. The second-order valence-corrected chi connectivity index (χ2v) is 7.49. The van der Waals surface area contributed by atoms with Gasteiger partial charge >= 0.3 is 0 Å². The molecule has 0 atom stereocenters. The Morgan fingerprint density at radius 3 is 2.89 bits per heavy atom. The zero-order valence-electron chi connectivity index (χ0n) is 15.5. The highest BCUT2D eigenvalue weighted by Crippen LogP contribution is 2.32. The van der Waals surface area contributed by atoms with Crippen LogP contribution in [0, 0.1) is 5.41 Å². The molecular formula is C20H24N5O2+. The van der Waals surface area contributed by atoms with E-state index in [2.05, 4.69) is 17.1 Å². The van der Waals surface area contributed by atoms with Gasteiger partial charge in [-0.2, -0.15) is 0 Å². The molecular weight excluding hydrogens is 342 g/mol. The Bertz CT molecular complexity index is 950. The van der Waals surface area contributed by atoms with Crippen LogP contribution < -0.4 is 4.74 Å². The molecule has 4 rings (SSSR count). The summed E-state index contributed by atoms with van der Waals surface area (Å²) in [6.45, 7) is 3.87. The Hall–Kier alpha value is -2.80. The predicted octanol–water partition coefficient (Wildman–Crippen LogP) is 2.57. The van der Waals surface area contributed by atoms with Crippen LogP contribution in [0.1, 0.15) is 19.3 Å². The maximum absolute atomic E-state index is 12.2. The van der Waals surface area contributed by atoms with E-state index in [0.717, 1.165) is 16.5 Å². The standard InChI is InChI=1S/C20H24N5O2/c1-25(10-4-5-11-25)12-13-27-20-19(17-6-2-3-9-24(17)23-20)22-16-8-7-15(21)14-18(16)26/h2-3,6-9,21H,4-5,10-14H2,1H3/q+1. The smallest absolute Gasteiger partial charge is 0.260 e. The van der Waals surface area contributed by atoms with Gasteiger partial charge in [-0.1, -0.05) is 6.07 Å². The normalized spacial score (nSPS) is 20.7. The molecule has 1 N–H and O–H groups in total. The summed E-state index contributed by atoms with van der Waals surface area (Å²) in [6, 6.07) is 5.71. The third-order valence-corrected chi connectivity index (χ3v) is 5.31. The van der Waals surface area contributed by atoms with Crippen LogP contribution in [0.3, 0.4) is 0 Å². The van der Waals surface area contributed by atoms with E-state index in [9.17, 15) is 4.79 Å². The van der Waals surface area contributed by atoms with Crippen LogP contribution >= 0.6 is 0 Å². The number of allylic oxidation sites excluding steroid dienone is 2. The molecule has 2 aromatic heterocycles. The zero-order valence-corrected chi connectivity index (χ0v) is 15.5. The molecule has 2 aliphatic rings. The summed E-state index contributed by atoms with van der Waals surface area (Å²) in [5, 5.41) is 12.1. The summed E-state index contributed by atoms with van der Waals surface area (Å²) in [6.07, 6.45) is 7.68. The van der Waals surface area contributed by atoms with E-state index in [1.165, 1.54) is 25.9 Å². The highest BCUT2D eigenvalue weighted by Gasteiger charge is 2.27. The molecule has 0 unspecified atom stereocenters. The first kappa shape index (κ1) is 17.6. The predicted molar refractivity (Wildman–Crippen MR) is 104 cm³/mol. The number of pyridine rings is 1. The summed E-state index contributed by atoms with van der Waals surface area (Å²) in [5.74, 6) is 0.292. The molecule has 0 bridgehead atoms. The number of likely N-dealkylation sites (N-methyl/N-ethyl adjacent to an activating group) is 1. The molecule has 1 aliphatic heterocycles. The lowest BCUT2D eigenvalue weighted by atomic mass is 10.0. The molecule has 140 valence electrons. The van der Waals surface area contributed by atoms with E-state index in [1.54, 1.807) is 16.7 Å². The molecule has 1 aliphatic carbocycles. The summed E-state index contributed by atoms with van der Waals surface area (Å²) >= 11 is 0. The van der Waals surface area contributed by atoms with Crippen molar-refractivity contribution in [3.8, 4) is 5.88 Å². The van der Waals surface area contributed by atoms with Crippen molar-refractivity contribution in [3.05, 3.63) is 36.5 Å². The van der Waals surface area contributed by atoms with Gasteiger partial charge in [-0.05, 0) is 24.3 Å². The van der Waals surface area contributed by atoms with Crippen LogP contribution in [0.15, 0.2) is 41.5 Å². The Morgan fingerprint density at radius 1 is 1.30 bits per heavy atom. The number of Topliss-reactive ketones (excluding diaryl/α,β-unsaturated/α-hetero) is 1. The number of hydrogen-bond donors (Lipinski definition) is 1. The number of rotatable bonds is 5. The lowest BCUT2D eigenvalue weighted by Gasteiger charge is -2.28. The fourth-order valence-corrected chi connectivity index (χ4v) is 3.67. The third kappa shape index (κ3) is 3.68. The first-order valence-electron chi connectivity index (χ1n) is 9.35. The van der Waals surface area contributed by atoms with Crippen molar-refractivity contribution in [2.45, 2.75) is 19.3 Å². The van der Waals surface area contributed by atoms with Crippen molar-refractivity contribution >= 4 is 28.4 Å². The van der Waals surface area contributed by atoms with Gasteiger partial charge in [-0.15, -0.1) is 5.10 Å². The Kier molecular flexibility index (Phi) is 4.61. The van der Waals surface area contributed by atoms with E-state index in [1.807, 2.05) is 24.4 Å². The lowest BCUT2D eigenvalue weighted by Crippen LogP contribution is -2.43. The average Bonchev–Trinajstić information content (AvgIpc) is 3.22. The number of ether oxygens (including phenoxy) is 1. The van der Waals surface area contributed by atoms with E-state index in [0.29, 0.717) is 29.6 Å². The number of aromatic nitrogens is 2. The maximum Gasteiger partial charge on any atom is 0.260 e. The fourth-order valence-electron chi connectivity index (χ4n) is 3.67. The monoisotopic (exact) mass is 366 g/mol. The van der Waals surface area contributed by atoms with Gasteiger partial charge in [-0.3, -0.25) is 4.79 Å². The summed E-state index contributed by atoms with van der Waals surface area (Å²) < 4.78 is 8.77. The van der Waals surface area contributed by atoms with Gasteiger partial charge in [0.05, 0.1) is 32.1 Å². The number of likely N-dealkylation sites (tertiary alicyclic amines) is 1. The van der Waals surface area contributed by atoms with Gasteiger partial charge in [-0.25, -0.2) is 9.51 Å². The van der Waals surface area contributed by atoms with Crippen LogP contribution in [0.4, 0.5) is 5.69 Å². The van der Waals surface area contributed by atoms with Crippen molar-refractivity contribution < 1.29 is 14.0 Å². The number of aliphatic imine (C=N–C) groups is 1. The van der Waals surface area contributed by atoms with Crippen LogP contribution in [-0.2, 0) is 4.79 Å². The van der Waals surface area contributed by atoms with Crippen LogP contribution in [0.2, 0.25) is 0 Å². The number of carbonyl (C=O) groups excluding carboxylic acids is 1. The molecule has 0 saturated carbocycles. The quantitative estimate of drug-likeness (QED) is 0.826. The Labute approximate surface area is 158 Å². The van der Waals surface area contributed by atoms with Crippen molar-refractivity contribution in [1.29, 1.82) is 5.41 Å². The van der Waals surface area contributed by atoms with Crippen molar-refractivity contribution in [2.75, 3.05) is 33.3 Å². The van der Waals surface area contributed by atoms with Gasteiger partial charge in [0, 0.05) is 24.8 Å². The summed E-state index contributed by atoms with van der Waals surface area (Å²) in [5.41, 5.74) is 2.01. The molecule has 0 spiro atoms. The highest BCUT2D eigenvalue weighted by molar-refractivity contribution is 6.50. The highest BCUT2D eigenvalue weighted by atomic mass is 16.5. The largest absolute Gasteiger partial charge is 0.469 e. The number of nitrogens with one attached hydrogen (secondary N) is 1. The molecule has 3 heterocycles. The second kappa shape index (κ2) is 7.08. The van der Waals surface area contributed by atoms with Crippen molar-refractivity contribution in [1.82, 2.24) is 9.61 Å². The molecule has 2 aromatic rings. The Balaban J connectivity index is 1.62. The molecule has 7 heteroatoms. The number of hydrogen-bond acceptors (Lipinski definition) is 5. The zero-order chi connectivity index (χ0) is 18.9. The van der Waals surface area contributed by atoms with Crippen LogP contribution in [0.5, 0.6) is 5.88 Å². The van der Waals surface area contributed by atoms with E-state index in [4.69, 9.17) is 10.1 Å². The average molecular weight is 366 g/mol. The minimum absolute atomic E-state index is 0.0839. The van der Waals surface area contributed by atoms with E-state index >= 15 is 0 Å². The van der Waals surface area contributed by atoms with E-state index in [-0.39, 0.29) is 12.2 Å². The number of carbonyl (C=O) groups is 1. The molecule has 0 radical (unpaired) electrons. The molecule has 1 saturated heterocycles. The third-order valence-electron chi connectivity index (χ3n) is 5.31. The van der Waals surface area contributed by atoms with Crippen molar-refractivity contribution in [2.24, 2.45) is 4.99 Å². The molecule has 0 amide bonds. The first-order valence-corrected chi connectivity index (χ1v) is 9.35. The van der Waals surface area contributed by atoms with Gasteiger partial charge in [0.1, 0.15) is 18.9 Å². The molecule has 27 heavy (non-hydrogen) atoms. The number of ketones is 1. The first-order chi connectivity index (χ1) is 13.0. The summed E-state index contributed by atoms with van der Waals surface area (Å²) in [4.78, 5) is 16.8. The lowest BCUT2D eigenvalue weighted by molar-refractivity contribution is -0.897. The second-order valence-electron chi connectivity index (χ2n) is 7.49. The van der Waals surface area contributed by atoms with Gasteiger partial charge in [0.2, 0.25) is 0 Å². The fraction of sp³-hybridized carbons (Fsp3) is 0.400. The molecule has 1 fully saturated rings. The molecule has 7 nitrogen and oxygen atoms in total. The van der Waals surface area contributed by atoms with Gasteiger partial charge < -0.3 is 14.6 Å². The number of fused-ring (bicyclic) bond motifs is 1. The van der Waals surface area contributed by atoms with Crippen LogP contribution in [0.25, 0.3) is 5.52 Å². The van der Waals surface area contributed by atoms with Gasteiger partial charge in [0.15, 0.2) is 11.5 Å².